The Morgan fingerprint density at radius 1 is 1.27 bits per heavy atom. The highest BCUT2D eigenvalue weighted by Crippen LogP contribution is 1.94. The van der Waals surface area contributed by atoms with Crippen molar-refractivity contribution in [1.29, 1.82) is 0 Å². The van der Waals surface area contributed by atoms with Gasteiger partial charge < -0.3 is 19.7 Å². The molecule has 0 aromatic carbocycles. The number of hydrogen-bond donors (Lipinski definition) is 2. The summed E-state index contributed by atoms with van der Waals surface area (Å²) in [5, 5.41) is 15.9. The summed E-state index contributed by atoms with van der Waals surface area (Å²) in [5.41, 5.74) is 0. The van der Waals surface area contributed by atoms with Crippen molar-refractivity contribution in [2.24, 2.45) is 0 Å². The molecule has 0 atom stereocenters. The Bertz CT molecular complexity index is 183. The van der Waals surface area contributed by atoms with Gasteiger partial charge >= 0.3 is 12.3 Å². The summed E-state index contributed by atoms with van der Waals surface area (Å²) in [7, 11) is 0. The molecule has 0 aliphatic heterocycles. The lowest BCUT2D eigenvalue weighted by molar-refractivity contribution is 0.0739. The first-order chi connectivity index (χ1) is 5.02. The third-order valence-corrected chi connectivity index (χ3v) is 0.588. The van der Waals surface area contributed by atoms with Crippen molar-refractivity contribution in [3.05, 3.63) is 12.3 Å². The van der Waals surface area contributed by atoms with Gasteiger partial charge in [-0.15, -0.1) is 0 Å². The van der Waals surface area contributed by atoms with E-state index in [4.69, 9.17) is 10.2 Å². The maximum Gasteiger partial charge on any atom is 0.511 e. The van der Waals surface area contributed by atoms with E-state index < -0.39 is 18.9 Å². The Hall–Kier alpha value is -1.72. The largest absolute Gasteiger partial charge is 0.511 e. The average molecular weight is 162 g/mol. The summed E-state index contributed by atoms with van der Waals surface area (Å²) < 4.78 is 7.87. The second kappa shape index (κ2) is 4.15. The predicted octanol–water partition coefficient (Wildman–Crippen LogP) is 0.889. The first kappa shape index (κ1) is 9.28. The van der Waals surface area contributed by atoms with Gasteiger partial charge in [0, 0.05) is 0 Å². The molecule has 0 bridgehead atoms. The van der Waals surface area contributed by atoms with Gasteiger partial charge in [0.15, 0.2) is 6.61 Å². The van der Waals surface area contributed by atoms with Crippen molar-refractivity contribution >= 4 is 12.3 Å². The molecule has 0 aromatic heterocycles. The van der Waals surface area contributed by atoms with E-state index in [0.717, 1.165) is 0 Å². The lowest BCUT2D eigenvalue weighted by Gasteiger charge is -2.01. The van der Waals surface area contributed by atoms with Crippen LogP contribution in [0, 0.1) is 0 Å². The average Bonchev–Trinajstić information content (AvgIpc) is 1.82. The van der Waals surface area contributed by atoms with E-state index in [-0.39, 0.29) is 5.76 Å². The maximum absolute atomic E-state index is 9.77. The lowest BCUT2D eigenvalue weighted by Crippen LogP contribution is -2.08. The lowest BCUT2D eigenvalue weighted by atomic mass is 10.6. The molecule has 0 unspecified atom stereocenters. The van der Waals surface area contributed by atoms with Gasteiger partial charge in [-0.3, -0.25) is 0 Å². The molecule has 0 heterocycles. The fourth-order valence-electron chi connectivity index (χ4n) is 0.295. The summed E-state index contributed by atoms with van der Waals surface area (Å²) in [5.74, 6) is -0.278. The normalized spacial score (nSPS) is 8.36. The van der Waals surface area contributed by atoms with Crippen molar-refractivity contribution in [2.45, 2.75) is 0 Å². The van der Waals surface area contributed by atoms with Crippen LogP contribution in [0.1, 0.15) is 0 Å². The van der Waals surface area contributed by atoms with Crippen LogP contribution in [0.3, 0.4) is 0 Å². The minimum atomic E-state index is -1.55. The fourth-order valence-corrected chi connectivity index (χ4v) is 0.295. The molecule has 0 rings (SSSR count). The second-order valence-electron chi connectivity index (χ2n) is 1.46. The van der Waals surface area contributed by atoms with Crippen LogP contribution in [0.25, 0.3) is 0 Å². The Morgan fingerprint density at radius 3 is 2.18 bits per heavy atom. The van der Waals surface area contributed by atoms with Gasteiger partial charge in [0.25, 0.3) is 0 Å². The topological polar surface area (TPSA) is 93.1 Å². The van der Waals surface area contributed by atoms with Crippen LogP contribution >= 0.6 is 0 Å². The van der Waals surface area contributed by atoms with Crippen LogP contribution in [0.2, 0.25) is 0 Å². The SMILES string of the molecule is C=C(COC(=O)O)OC(=O)O. The zero-order valence-electron chi connectivity index (χ0n) is 5.44. The van der Waals surface area contributed by atoms with Gasteiger partial charge in [0.2, 0.25) is 0 Å². The van der Waals surface area contributed by atoms with Crippen molar-refractivity contribution in [2.75, 3.05) is 6.61 Å². The van der Waals surface area contributed by atoms with Crippen LogP contribution in [-0.4, -0.2) is 29.1 Å². The van der Waals surface area contributed by atoms with Gasteiger partial charge in [-0.05, 0) is 0 Å². The summed E-state index contributed by atoms with van der Waals surface area (Å²) in [4.78, 5) is 19.5. The Morgan fingerprint density at radius 2 is 1.82 bits per heavy atom. The van der Waals surface area contributed by atoms with Crippen LogP contribution in [0.4, 0.5) is 9.59 Å². The molecule has 6 nitrogen and oxygen atoms in total. The van der Waals surface area contributed by atoms with E-state index in [9.17, 15) is 9.59 Å². The summed E-state index contributed by atoms with van der Waals surface area (Å²) in [6.45, 7) is 2.59. The molecular weight excluding hydrogens is 156 g/mol. The van der Waals surface area contributed by atoms with E-state index in [0.29, 0.717) is 0 Å². The van der Waals surface area contributed by atoms with E-state index in [1.165, 1.54) is 0 Å². The summed E-state index contributed by atoms with van der Waals surface area (Å²) in [6.07, 6.45) is -3.07. The van der Waals surface area contributed by atoms with Crippen molar-refractivity contribution < 1.29 is 29.3 Å². The smallest absolute Gasteiger partial charge is 0.450 e. The molecule has 2 N–H and O–H groups in total. The molecule has 0 saturated heterocycles. The van der Waals surface area contributed by atoms with E-state index in [1.807, 2.05) is 0 Å². The van der Waals surface area contributed by atoms with Crippen molar-refractivity contribution in [1.82, 2.24) is 0 Å². The monoisotopic (exact) mass is 162 g/mol. The number of rotatable bonds is 3. The zero-order chi connectivity index (χ0) is 8.85. The van der Waals surface area contributed by atoms with E-state index in [1.54, 1.807) is 0 Å². The second-order valence-corrected chi connectivity index (χ2v) is 1.46. The molecule has 0 spiro atoms. The fraction of sp³-hybridized carbons (Fsp3) is 0.200. The molecule has 0 amide bonds. The van der Waals surface area contributed by atoms with Crippen molar-refractivity contribution in [3.8, 4) is 0 Å². The first-order valence-electron chi connectivity index (χ1n) is 2.46. The van der Waals surface area contributed by atoms with E-state index >= 15 is 0 Å². The molecule has 6 heteroatoms. The van der Waals surface area contributed by atoms with Crippen LogP contribution in [-0.2, 0) is 9.47 Å². The number of ether oxygens (including phenoxy) is 2. The van der Waals surface area contributed by atoms with Gasteiger partial charge in [0.05, 0.1) is 0 Å². The van der Waals surface area contributed by atoms with Gasteiger partial charge in [-0.2, -0.15) is 0 Å². The first-order valence-corrected chi connectivity index (χ1v) is 2.46. The molecule has 0 aliphatic rings. The third kappa shape index (κ3) is 6.16. The Balaban J connectivity index is 3.53. The minimum absolute atomic E-state index is 0.278. The molecule has 0 radical (unpaired) electrons. The maximum atomic E-state index is 9.77. The molecular formula is C5H6O6. The van der Waals surface area contributed by atoms with Gasteiger partial charge in [-0.25, -0.2) is 9.59 Å². The molecule has 0 aliphatic carbocycles. The summed E-state index contributed by atoms with van der Waals surface area (Å²) in [6, 6.07) is 0. The molecule has 11 heavy (non-hydrogen) atoms. The molecule has 62 valence electrons. The highest BCUT2D eigenvalue weighted by atomic mass is 16.7. The number of hydrogen-bond acceptors (Lipinski definition) is 4. The van der Waals surface area contributed by atoms with Crippen molar-refractivity contribution in [3.63, 3.8) is 0 Å². The quantitative estimate of drug-likeness (QED) is 0.472. The molecule has 0 saturated carbocycles. The zero-order valence-corrected chi connectivity index (χ0v) is 5.44. The number of carbonyl (C=O) groups is 2. The molecule has 0 aromatic rings. The van der Waals surface area contributed by atoms with Gasteiger partial charge in [0.1, 0.15) is 5.76 Å². The van der Waals surface area contributed by atoms with Crippen LogP contribution < -0.4 is 0 Å². The Labute approximate surface area is 61.6 Å². The summed E-state index contributed by atoms with van der Waals surface area (Å²) >= 11 is 0. The predicted molar refractivity (Wildman–Crippen MR) is 32.2 cm³/mol. The van der Waals surface area contributed by atoms with E-state index in [2.05, 4.69) is 16.1 Å². The highest BCUT2D eigenvalue weighted by Gasteiger charge is 2.04. The molecule has 0 fully saturated rings. The third-order valence-electron chi connectivity index (χ3n) is 0.588. The number of carboxylic acid groups (broad SMARTS) is 2. The van der Waals surface area contributed by atoms with Gasteiger partial charge in [-0.1, -0.05) is 6.58 Å². The van der Waals surface area contributed by atoms with Crippen LogP contribution in [0.5, 0.6) is 0 Å². The van der Waals surface area contributed by atoms with Crippen LogP contribution in [0.15, 0.2) is 12.3 Å². The Kier molecular flexibility index (Phi) is 3.50. The standard InChI is InChI=1S/C5H6O6/c1-3(11-5(8)9)2-10-4(6)7/h1-2H2,(H,6,7)(H,8,9). The minimum Gasteiger partial charge on any atom is -0.450 e. The highest BCUT2D eigenvalue weighted by molar-refractivity contribution is 5.59.